The van der Waals surface area contributed by atoms with E-state index >= 15 is 0 Å². The van der Waals surface area contributed by atoms with Crippen molar-refractivity contribution < 1.29 is 4.79 Å². The molecule has 0 bridgehead atoms. The quantitative estimate of drug-likeness (QED) is 0.926. The van der Waals surface area contributed by atoms with Gasteiger partial charge in [0, 0.05) is 22.5 Å². The molecule has 1 heterocycles. The van der Waals surface area contributed by atoms with Crippen molar-refractivity contribution in [2.45, 2.75) is 26.6 Å². The van der Waals surface area contributed by atoms with Crippen molar-refractivity contribution in [3.8, 4) is 0 Å². The molecule has 4 nitrogen and oxygen atoms in total. The molecule has 0 spiro atoms. The number of benzene rings is 1. The van der Waals surface area contributed by atoms with Gasteiger partial charge in [0.25, 0.3) is 5.91 Å². The third kappa shape index (κ3) is 3.26. The number of amides is 1. The Morgan fingerprint density at radius 3 is 2.90 bits per heavy atom. The first-order chi connectivity index (χ1) is 9.65. The van der Waals surface area contributed by atoms with Crippen molar-refractivity contribution in [1.29, 1.82) is 0 Å². The van der Waals surface area contributed by atoms with E-state index in [0.29, 0.717) is 10.6 Å². The number of carbonyl (C=O) groups excluding carboxylic acids is 1. The van der Waals surface area contributed by atoms with Crippen molar-refractivity contribution in [3.63, 3.8) is 0 Å². The van der Waals surface area contributed by atoms with Crippen LogP contribution in [-0.2, 0) is 0 Å². The standard InChI is InChI=1S/C15H18ClN3O/c1-3-13-8-9-19(15(18-13)17-4-2)14(20)11-6-5-7-12(16)10-11/h5-10,15,17H,3-4H2,1-2H3. The van der Waals surface area contributed by atoms with E-state index in [1.54, 1.807) is 35.4 Å². The number of nitrogens with zero attached hydrogens (tertiary/aromatic N) is 2. The van der Waals surface area contributed by atoms with Crippen LogP contribution in [0.5, 0.6) is 0 Å². The Bertz CT molecular complexity index is 554. The molecule has 1 atom stereocenters. The lowest BCUT2D eigenvalue weighted by Crippen LogP contribution is -2.46. The first-order valence-electron chi connectivity index (χ1n) is 6.72. The first kappa shape index (κ1) is 14.8. The Kier molecular flexibility index (Phi) is 4.93. The predicted molar refractivity (Wildman–Crippen MR) is 82.0 cm³/mol. The lowest BCUT2D eigenvalue weighted by Gasteiger charge is -2.29. The molecular formula is C15H18ClN3O. The van der Waals surface area contributed by atoms with E-state index in [2.05, 4.69) is 10.3 Å². The Labute approximate surface area is 124 Å². The zero-order valence-electron chi connectivity index (χ0n) is 11.6. The van der Waals surface area contributed by atoms with Crippen LogP contribution in [0.25, 0.3) is 0 Å². The van der Waals surface area contributed by atoms with Crippen LogP contribution in [0.2, 0.25) is 5.02 Å². The molecule has 1 aliphatic heterocycles. The van der Waals surface area contributed by atoms with E-state index in [1.165, 1.54) is 0 Å². The summed E-state index contributed by atoms with van der Waals surface area (Å²) in [6, 6.07) is 6.94. The van der Waals surface area contributed by atoms with Crippen molar-refractivity contribution >= 4 is 23.2 Å². The van der Waals surface area contributed by atoms with E-state index in [9.17, 15) is 4.79 Å². The highest BCUT2D eigenvalue weighted by atomic mass is 35.5. The van der Waals surface area contributed by atoms with Gasteiger partial charge in [0.05, 0.1) is 0 Å². The minimum absolute atomic E-state index is 0.117. The Balaban J connectivity index is 2.24. The zero-order chi connectivity index (χ0) is 14.5. The monoisotopic (exact) mass is 291 g/mol. The lowest BCUT2D eigenvalue weighted by atomic mass is 10.2. The molecule has 2 rings (SSSR count). The largest absolute Gasteiger partial charge is 0.279 e. The summed E-state index contributed by atoms with van der Waals surface area (Å²) < 4.78 is 0. The zero-order valence-corrected chi connectivity index (χ0v) is 12.4. The highest BCUT2D eigenvalue weighted by molar-refractivity contribution is 6.31. The third-order valence-corrected chi connectivity index (χ3v) is 3.27. The fourth-order valence-electron chi connectivity index (χ4n) is 2.00. The van der Waals surface area contributed by atoms with E-state index in [-0.39, 0.29) is 12.2 Å². The van der Waals surface area contributed by atoms with Crippen molar-refractivity contribution in [1.82, 2.24) is 10.2 Å². The van der Waals surface area contributed by atoms with Gasteiger partial charge in [-0.1, -0.05) is 31.5 Å². The molecule has 1 aliphatic rings. The van der Waals surface area contributed by atoms with Crippen LogP contribution in [0.1, 0.15) is 30.6 Å². The molecule has 0 saturated carbocycles. The molecule has 0 fully saturated rings. The van der Waals surface area contributed by atoms with Gasteiger partial charge in [-0.15, -0.1) is 0 Å². The van der Waals surface area contributed by atoms with E-state index in [0.717, 1.165) is 18.7 Å². The van der Waals surface area contributed by atoms with Gasteiger partial charge in [-0.2, -0.15) is 0 Å². The van der Waals surface area contributed by atoms with Gasteiger partial charge in [-0.05, 0) is 37.2 Å². The van der Waals surface area contributed by atoms with Gasteiger partial charge < -0.3 is 0 Å². The third-order valence-electron chi connectivity index (χ3n) is 3.03. The molecule has 1 unspecified atom stereocenters. The number of halogens is 1. The van der Waals surface area contributed by atoms with Gasteiger partial charge in [0.1, 0.15) is 0 Å². The minimum Gasteiger partial charge on any atom is -0.279 e. The molecule has 0 aliphatic carbocycles. The fraction of sp³-hybridized carbons (Fsp3) is 0.333. The van der Waals surface area contributed by atoms with Crippen molar-refractivity contribution in [2.75, 3.05) is 6.54 Å². The Hall–Kier alpha value is -1.65. The van der Waals surface area contributed by atoms with Crippen LogP contribution in [-0.4, -0.2) is 29.4 Å². The first-order valence-corrected chi connectivity index (χ1v) is 7.10. The van der Waals surface area contributed by atoms with E-state index in [1.807, 2.05) is 19.9 Å². The van der Waals surface area contributed by atoms with Gasteiger partial charge in [0.2, 0.25) is 0 Å². The molecule has 1 aromatic rings. The summed E-state index contributed by atoms with van der Waals surface area (Å²) in [5, 5.41) is 3.75. The van der Waals surface area contributed by atoms with E-state index < -0.39 is 0 Å². The number of rotatable bonds is 4. The molecule has 1 aromatic carbocycles. The Morgan fingerprint density at radius 1 is 1.45 bits per heavy atom. The molecule has 0 aromatic heterocycles. The Morgan fingerprint density at radius 2 is 2.25 bits per heavy atom. The van der Waals surface area contributed by atoms with E-state index in [4.69, 9.17) is 11.6 Å². The van der Waals surface area contributed by atoms with Crippen LogP contribution in [0.15, 0.2) is 41.5 Å². The predicted octanol–water partition coefficient (Wildman–Crippen LogP) is 3.05. The maximum Gasteiger partial charge on any atom is 0.260 e. The second-order valence-corrected chi connectivity index (χ2v) is 4.88. The van der Waals surface area contributed by atoms with Gasteiger partial charge >= 0.3 is 0 Å². The highest BCUT2D eigenvalue weighted by Gasteiger charge is 2.24. The smallest absolute Gasteiger partial charge is 0.260 e. The topological polar surface area (TPSA) is 44.7 Å². The summed E-state index contributed by atoms with van der Waals surface area (Å²) in [6.45, 7) is 4.76. The van der Waals surface area contributed by atoms with Crippen LogP contribution in [0.4, 0.5) is 0 Å². The molecule has 0 radical (unpaired) electrons. The van der Waals surface area contributed by atoms with Gasteiger partial charge in [0.15, 0.2) is 6.29 Å². The van der Waals surface area contributed by atoms with Crippen molar-refractivity contribution in [3.05, 3.63) is 47.1 Å². The minimum atomic E-state index is -0.355. The SMILES string of the molecule is CCNC1N=C(CC)C=CN1C(=O)c1cccc(Cl)c1. The number of nitrogens with one attached hydrogen (secondary N) is 1. The average Bonchev–Trinajstić information content (AvgIpc) is 2.47. The van der Waals surface area contributed by atoms with Gasteiger partial charge in [-0.25, -0.2) is 4.99 Å². The highest BCUT2D eigenvalue weighted by Crippen LogP contribution is 2.16. The maximum atomic E-state index is 12.5. The molecule has 1 amide bonds. The molecular weight excluding hydrogens is 274 g/mol. The molecule has 1 N–H and O–H groups in total. The van der Waals surface area contributed by atoms with Gasteiger partial charge in [-0.3, -0.25) is 15.0 Å². The van der Waals surface area contributed by atoms with Crippen LogP contribution in [0, 0.1) is 0 Å². The molecule has 20 heavy (non-hydrogen) atoms. The summed E-state index contributed by atoms with van der Waals surface area (Å²) >= 11 is 5.94. The summed E-state index contributed by atoms with van der Waals surface area (Å²) in [4.78, 5) is 18.7. The molecule has 106 valence electrons. The average molecular weight is 292 g/mol. The second-order valence-electron chi connectivity index (χ2n) is 4.44. The molecule has 0 saturated heterocycles. The van der Waals surface area contributed by atoms with Crippen molar-refractivity contribution in [2.24, 2.45) is 4.99 Å². The summed E-state index contributed by atoms with van der Waals surface area (Å²) in [7, 11) is 0. The summed E-state index contributed by atoms with van der Waals surface area (Å²) in [5.41, 5.74) is 1.53. The summed E-state index contributed by atoms with van der Waals surface area (Å²) in [6.07, 6.45) is 4.14. The number of carbonyl (C=O) groups is 1. The van der Waals surface area contributed by atoms with Crippen LogP contribution < -0.4 is 5.32 Å². The number of hydrogen-bond donors (Lipinski definition) is 1. The number of aliphatic imine (C=N–C) groups is 1. The normalized spacial score (nSPS) is 18.1. The number of allylic oxidation sites excluding steroid dienone is 1. The fourth-order valence-corrected chi connectivity index (χ4v) is 2.19. The van der Waals surface area contributed by atoms with Crippen LogP contribution in [0.3, 0.4) is 0 Å². The second kappa shape index (κ2) is 6.68. The molecule has 5 heteroatoms. The summed E-state index contributed by atoms with van der Waals surface area (Å²) in [5.74, 6) is -0.117. The lowest BCUT2D eigenvalue weighted by molar-refractivity contribution is 0.0748. The maximum absolute atomic E-state index is 12.5. The van der Waals surface area contributed by atoms with Crippen LogP contribution >= 0.6 is 11.6 Å². The number of hydrogen-bond acceptors (Lipinski definition) is 3.